The van der Waals surface area contributed by atoms with Crippen molar-refractivity contribution in [2.75, 3.05) is 6.61 Å². The molecule has 0 radical (unpaired) electrons. The Hall–Kier alpha value is -1.88. The summed E-state index contributed by atoms with van der Waals surface area (Å²) in [5.41, 5.74) is 2.16. The summed E-state index contributed by atoms with van der Waals surface area (Å²) < 4.78 is 10.8. The van der Waals surface area contributed by atoms with Crippen molar-refractivity contribution in [2.45, 2.75) is 20.8 Å². The molecule has 0 aliphatic rings. The van der Waals surface area contributed by atoms with Gasteiger partial charge in [-0.2, -0.15) is 9.97 Å². The molecule has 0 saturated carbocycles. The summed E-state index contributed by atoms with van der Waals surface area (Å²) in [6.07, 6.45) is 0. The fourth-order valence-electron chi connectivity index (χ4n) is 1.57. The highest BCUT2D eigenvalue weighted by atomic mass is 35.5. The van der Waals surface area contributed by atoms with E-state index in [1.807, 2.05) is 39.0 Å². The zero-order valence-corrected chi connectivity index (χ0v) is 11.7. The van der Waals surface area contributed by atoms with Gasteiger partial charge in [0.15, 0.2) is 0 Å². The number of aromatic nitrogens is 3. The van der Waals surface area contributed by atoms with E-state index in [9.17, 15) is 0 Å². The first-order valence-corrected chi connectivity index (χ1v) is 6.25. The Morgan fingerprint density at radius 2 is 1.84 bits per heavy atom. The second kappa shape index (κ2) is 5.84. The molecular formula is C13H14ClN3O2. The quantitative estimate of drug-likeness (QED) is 0.859. The topological polar surface area (TPSA) is 57.1 Å². The first-order valence-electron chi connectivity index (χ1n) is 5.88. The Balaban J connectivity index is 2.27. The monoisotopic (exact) mass is 279 g/mol. The average molecular weight is 280 g/mol. The summed E-state index contributed by atoms with van der Waals surface area (Å²) in [6, 6.07) is 6.11. The Morgan fingerprint density at radius 3 is 2.53 bits per heavy atom. The number of hydrogen-bond donors (Lipinski definition) is 0. The van der Waals surface area contributed by atoms with Crippen LogP contribution in [0.1, 0.15) is 18.1 Å². The highest BCUT2D eigenvalue weighted by Crippen LogP contribution is 2.24. The van der Waals surface area contributed by atoms with Crippen molar-refractivity contribution >= 4 is 11.6 Å². The van der Waals surface area contributed by atoms with Gasteiger partial charge >= 0.3 is 12.0 Å². The van der Waals surface area contributed by atoms with E-state index >= 15 is 0 Å². The first kappa shape index (κ1) is 13.5. The van der Waals surface area contributed by atoms with Crippen LogP contribution in [0, 0.1) is 13.8 Å². The molecular weight excluding hydrogens is 266 g/mol. The van der Waals surface area contributed by atoms with Crippen LogP contribution in [-0.2, 0) is 0 Å². The Kier molecular flexibility index (Phi) is 4.16. The van der Waals surface area contributed by atoms with E-state index < -0.39 is 0 Å². The zero-order valence-electron chi connectivity index (χ0n) is 11.0. The number of ether oxygens (including phenoxy) is 2. The van der Waals surface area contributed by atoms with Crippen molar-refractivity contribution < 1.29 is 9.47 Å². The summed E-state index contributed by atoms with van der Waals surface area (Å²) in [7, 11) is 0. The SMILES string of the molecule is CCOc1nc(Cl)nc(Oc2ccc(C)cc2C)n1. The number of rotatable bonds is 4. The minimum Gasteiger partial charge on any atom is -0.464 e. The Morgan fingerprint density at radius 1 is 1.11 bits per heavy atom. The van der Waals surface area contributed by atoms with E-state index in [1.165, 1.54) is 0 Å². The van der Waals surface area contributed by atoms with Crippen molar-refractivity contribution in [1.29, 1.82) is 0 Å². The van der Waals surface area contributed by atoms with E-state index in [1.54, 1.807) is 0 Å². The molecule has 0 amide bonds. The van der Waals surface area contributed by atoms with Crippen LogP contribution in [-0.4, -0.2) is 21.6 Å². The normalized spacial score (nSPS) is 10.3. The predicted octanol–water partition coefficient (Wildman–Crippen LogP) is 3.33. The molecule has 6 heteroatoms. The lowest BCUT2D eigenvalue weighted by Crippen LogP contribution is -2.02. The molecule has 19 heavy (non-hydrogen) atoms. The molecule has 0 aliphatic carbocycles. The van der Waals surface area contributed by atoms with Gasteiger partial charge in [-0.3, -0.25) is 0 Å². The number of aryl methyl sites for hydroxylation is 2. The van der Waals surface area contributed by atoms with Crippen LogP contribution >= 0.6 is 11.6 Å². The fraction of sp³-hybridized carbons (Fsp3) is 0.308. The summed E-state index contributed by atoms with van der Waals surface area (Å²) in [6.45, 7) is 6.25. The van der Waals surface area contributed by atoms with Gasteiger partial charge in [-0.05, 0) is 44.0 Å². The molecule has 100 valence electrons. The number of benzene rings is 1. The highest BCUT2D eigenvalue weighted by molar-refractivity contribution is 6.28. The van der Waals surface area contributed by atoms with Crippen molar-refractivity contribution in [3.05, 3.63) is 34.6 Å². The van der Waals surface area contributed by atoms with E-state index in [0.29, 0.717) is 12.4 Å². The summed E-state index contributed by atoms with van der Waals surface area (Å²) >= 11 is 5.79. The van der Waals surface area contributed by atoms with Crippen molar-refractivity contribution in [1.82, 2.24) is 15.0 Å². The average Bonchev–Trinajstić information content (AvgIpc) is 2.32. The Bertz CT molecular complexity index is 590. The maximum Gasteiger partial charge on any atom is 0.329 e. The van der Waals surface area contributed by atoms with Gasteiger partial charge in [0, 0.05) is 0 Å². The van der Waals surface area contributed by atoms with Crippen LogP contribution in [0.3, 0.4) is 0 Å². The van der Waals surface area contributed by atoms with Crippen LogP contribution < -0.4 is 9.47 Å². The summed E-state index contributed by atoms with van der Waals surface area (Å²) in [4.78, 5) is 11.8. The maximum absolute atomic E-state index is 5.79. The third-order valence-electron chi connectivity index (χ3n) is 2.37. The molecule has 0 saturated heterocycles. The molecule has 1 aromatic carbocycles. The molecule has 1 aromatic heterocycles. The molecule has 0 bridgehead atoms. The molecule has 2 aromatic rings. The van der Waals surface area contributed by atoms with Crippen LogP contribution in [0.15, 0.2) is 18.2 Å². The molecule has 0 N–H and O–H groups in total. The number of nitrogens with zero attached hydrogens (tertiary/aromatic N) is 3. The third kappa shape index (κ3) is 3.54. The molecule has 1 heterocycles. The molecule has 0 fully saturated rings. The summed E-state index contributed by atoms with van der Waals surface area (Å²) in [5.74, 6) is 0.676. The van der Waals surface area contributed by atoms with Gasteiger partial charge in [0.05, 0.1) is 6.61 Å². The molecule has 0 aliphatic heterocycles. The zero-order chi connectivity index (χ0) is 13.8. The van der Waals surface area contributed by atoms with Crippen molar-refractivity contribution in [3.63, 3.8) is 0 Å². The standard InChI is InChI=1S/C13H14ClN3O2/c1-4-18-12-15-11(14)16-13(17-12)19-10-6-5-8(2)7-9(10)3/h5-7H,4H2,1-3H3. The van der Waals surface area contributed by atoms with Crippen LogP contribution in [0.4, 0.5) is 0 Å². The maximum atomic E-state index is 5.79. The van der Waals surface area contributed by atoms with Gasteiger partial charge in [-0.15, -0.1) is 4.98 Å². The van der Waals surface area contributed by atoms with Gasteiger partial charge in [0.2, 0.25) is 5.28 Å². The number of hydrogen-bond acceptors (Lipinski definition) is 5. The molecule has 2 rings (SSSR count). The second-order valence-corrected chi connectivity index (χ2v) is 4.31. The lowest BCUT2D eigenvalue weighted by Gasteiger charge is -2.08. The van der Waals surface area contributed by atoms with Crippen molar-refractivity contribution in [2.24, 2.45) is 0 Å². The van der Waals surface area contributed by atoms with Crippen LogP contribution in [0.25, 0.3) is 0 Å². The largest absolute Gasteiger partial charge is 0.464 e. The molecule has 0 atom stereocenters. The van der Waals surface area contributed by atoms with Crippen LogP contribution in [0.2, 0.25) is 5.28 Å². The Labute approximate surface area is 116 Å². The van der Waals surface area contributed by atoms with E-state index in [4.69, 9.17) is 21.1 Å². The third-order valence-corrected chi connectivity index (χ3v) is 2.54. The smallest absolute Gasteiger partial charge is 0.329 e. The lowest BCUT2D eigenvalue weighted by atomic mass is 10.1. The van der Waals surface area contributed by atoms with Gasteiger partial charge in [-0.1, -0.05) is 17.7 Å². The summed E-state index contributed by atoms with van der Waals surface area (Å²) in [5, 5.41) is 0.0400. The van der Waals surface area contributed by atoms with Gasteiger partial charge in [0.25, 0.3) is 0 Å². The molecule has 0 unspecified atom stereocenters. The van der Waals surface area contributed by atoms with Crippen LogP contribution in [0.5, 0.6) is 17.8 Å². The highest BCUT2D eigenvalue weighted by Gasteiger charge is 2.09. The second-order valence-electron chi connectivity index (χ2n) is 3.97. The van der Waals surface area contributed by atoms with Gasteiger partial charge < -0.3 is 9.47 Å². The van der Waals surface area contributed by atoms with E-state index in [-0.39, 0.29) is 17.3 Å². The van der Waals surface area contributed by atoms with Gasteiger partial charge in [0.1, 0.15) is 5.75 Å². The first-order chi connectivity index (χ1) is 9.08. The molecule has 5 nitrogen and oxygen atoms in total. The minimum atomic E-state index is 0.0400. The number of halogens is 1. The predicted molar refractivity (Wildman–Crippen MR) is 72.0 cm³/mol. The van der Waals surface area contributed by atoms with Crippen molar-refractivity contribution in [3.8, 4) is 17.8 Å². The van der Waals surface area contributed by atoms with E-state index in [0.717, 1.165) is 11.1 Å². The fourth-order valence-corrected chi connectivity index (χ4v) is 1.71. The van der Waals surface area contributed by atoms with Gasteiger partial charge in [-0.25, -0.2) is 0 Å². The molecule has 0 spiro atoms. The lowest BCUT2D eigenvalue weighted by molar-refractivity contribution is 0.303. The van der Waals surface area contributed by atoms with E-state index in [2.05, 4.69) is 15.0 Å². The minimum absolute atomic E-state index is 0.0400.